The highest BCUT2D eigenvalue weighted by Crippen LogP contribution is 1.91. The first-order valence-electron chi connectivity index (χ1n) is 2.41. The molecule has 1 aromatic rings. The van der Waals surface area contributed by atoms with Crippen LogP contribution < -0.4 is 5.69 Å². The van der Waals surface area contributed by atoms with Crippen molar-refractivity contribution >= 4 is 22.9 Å². The van der Waals surface area contributed by atoms with Crippen LogP contribution in [0.1, 0.15) is 5.56 Å². The summed E-state index contributed by atoms with van der Waals surface area (Å²) in [7, 11) is 0. The molecule has 0 N–H and O–H groups in total. The molecule has 0 radical (unpaired) electrons. The van der Waals surface area contributed by atoms with Crippen molar-refractivity contribution in [1.29, 1.82) is 0 Å². The molecule has 0 fully saturated rings. The lowest BCUT2D eigenvalue weighted by Crippen LogP contribution is -2.14. The second-order valence-electron chi connectivity index (χ2n) is 1.73. The van der Waals surface area contributed by atoms with Crippen LogP contribution in [-0.2, 0) is 0 Å². The maximum Gasteiger partial charge on any atom is 0.356 e. The van der Waals surface area contributed by atoms with Crippen LogP contribution >= 0.6 is 22.9 Å². The third-order valence-electron chi connectivity index (χ3n) is 0.878. The molecule has 0 aliphatic carbocycles. The van der Waals surface area contributed by atoms with E-state index in [0.29, 0.717) is 0 Å². The molecule has 3 nitrogen and oxygen atoms in total. The topological polar surface area (TPSA) is 34.9 Å². The largest absolute Gasteiger partial charge is 0.356 e. The Balaban J connectivity index is 3.34. The monoisotopic (exact) mass is 236 g/mol. The molecule has 0 saturated carbocycles. The highest BCUT2D eigenvalue weighted by atomic mass is 127. The van der Waals surface area contributed by atoms with Gasteiger partial charge in [-0.25, -0.2) is 12.6 Å². The molecule has 4 heteroatoms. The zero-order valence-corrected chi connectivity index (χ0v) is 6.99. The first-order chi connectivity index (χ1) is 4.20. The molecule has 0 aliphatic heterocycles. The maximum atomic E-state index is 10.6. The van der Waals surface area contributed by atoms with Gasteiger partial charge >= 0.3 is 5.69 Å². The molecule has 9 heavy (non-hydrogen) atoms. The van der Waals surface area contributed by atoms with Crippen molar-refractivity contribution in [2.75, 3.05) is 0 Å². The van der Waals surface area contributed by atoms with Gasteiger partial charge in [0.05, 0.1) is 22.9 Å². The predicted octanol–water partition coefficient (Wildman–Crippen LogP) is 0.750. The summed E-state index contributed by atoms with van der Waals surface area (Å²) in [6, 6.07) is 0. The Kier molecular flexibility index (Phi) is 1.84. The van der Waals surface area contributed by atoms with E-state index in [2.05, 4.69) is 4.98 Å². The average Bonchev–Trinajstić information content (AvgIpc) is 1.80. The van der Waals surface area contributed by atoms with Gasteiger partial charge in [-0.05, 0) is 12.5 Å². The summed E-state index contributed by atoms with van der Waals surface area (Å²) >= 11 is 1.89. The Morgan fingerprint density at radius 3 is 2.89 bits per heavy atom. The molecule has 1 aromatic heterocycles. The molecular weight excluding hydrogens is 231 g/mol. The van der Waals surface area contributed by atoms with Crippen LogP contribution in [-0.4, -0.2) is 7.76 Å². The fourth-order valence-corrected chi connectivity index (χ4v) is 1.04. The van der Waals surface area contributed by atoms with E-state index in [0.717, 1.165) is 5.56 Å². The smallest absolute Gasteiger partial charge is 0.245 e. The van der Waals surface area contributed by atoms with Crippen molar-refractivity contribution in [2.45, 2.75) is 6.92 Å². The molecule has 0 bridgehead atoms. The van der Waals surface area contributed by atoms with Crippen molar-refractivity contribution in [1.82, 2.24) is 7.76 Å². The van der Waals surface area contributed by atoms with Gasteiger partial charge in [0.15, 0.2) is 0 Å². The molecule has 48 valence electrons. The molecule has 0 atom stereocenters. The molecule has 0 spiro atoms. The van der Waals surface area contributed by atoms with Crippen LogP contribution in [0.4, 0.5) is 0 Å². The van der Waals surface area contributed by atoms with Crippen LogP contribution in [0.5, 0.6) is 0 Å². The summed E-state index contributed by atoms with van der Waals surface area (Å²) in [5.74, 6) is 0. The normalized spacial score (nSPS) is 9.56. The minimum atomic E-state index is -0.221. The summed E-state index contributed by atoms with van der Waals surface area (Å²) in [6.45, 7) is 1.89. The van der Waals surface area contributed by atoms with E-state index in [4.69, 9.17) is 0 Å². The lowest BCUT2D eigenvalue weighted by atomic mass is 10.4. The van der Waals surface area contributed by atoms with Crippen molar-refractivity contribution in [3.05, 3.63) is 28.4 Å². The summed E-state index contributed by atoms with van der Waals surface area (Å²) in [5.41, 5.74) is 0.769. The highest BCUT2D eigenvalue weighted by Gasteiger charge is 1.89. The summed E-state index contributed by atoms with van der Waals surface area (Å²) in [4.78, 5) is 14.2. The fourth-order valence-electron chi connectivity index (χ4n) is 0.480. The van der Waals surface area contributed by atoms with Crippen LogP contribution in [0.3, 0.4) is 0 Å². The quantitative estimate of drug-likeness (QED) is 0.623. The molecule has 0 amide bonds. The Hall–Kier alpha value is -0.390. The van der Waals surface area contributed by atoms with E-state index in [1.165, 1.54) is 2.78 Å². The predicted molar refractivity (Wildman–Crippen MR) is 42.7 cm³/mol. The molecule has 1 heterocycles. The minimum absolute atomic E-state index is 0.221. The molecule has 0 aliphatic rings. The Bertz CT molecular complexity index is 268. The SMILES string of the molecule is Cc1cnc(=O)n(I)c1. The zero-order valence-electron chi connectivity index (χ0n) is 4.84. The minimum Gasteiger partial charge on any atom is -0.245 e. The zero-order chi connectivity index (χ0) is 6.85. The lowest BCUT2D eigenvalue weighted by Gasteiger charge is -1.91. The first-order valence-corrected chi connectivity index (χ1v) is 3.38. The van der Waals surface area contributed by atoms with Gasteiger partial charge in [0.25, 0.3) is 0 Å². The van der Waals surface area contributed by atoms with E-state index in [9.17, 15) is 4.79 Å². The average molecular weight is 236 g/mol. The highest BCUT2D eigenvalue weighted by molar-refractivity contribution is 14.1. The number of rotatable bonds is 0. The number of nitrogens with zero attached hydrogens (tertiary/aromatic N) is 2. The molecule has 0 unspecified atom stereocenters. The van der Waals surface area contributed by atoms with E-state index < -0.39 is 0 Å². The maximum absolute atomic E-state index is 10.6. The van der Waals surface area contributed by atoms with Crippen molar-refractivity contribution < 1.29 is 0 Å². The number of aryl methyl sites for hydroxylation is 1. The summed E-state index contributed by atoms with van der Waals surface area (Å²) in [6.07, 6.45) is 3.29. The Labute approximate surface area is 66.2 Å². The number of halogens is 1. The van der Waals surface area contributed by atoms with Gasteiger partial charge in [0.2, 0.25) is 0 Å². The fraction of sp³-hybridized carbons (Fsp3) is 0.200. The van der Waals surface area contributed by atoms with Gasteiger partial charge in [0, 0.05) is 12.4 Å². The second kappa shape index (κ2) is 2.47. The van der Waals surface area contributed by atoms with E-state index in [-0.39, 0.29) is 5.69 Å². The lowest BCUT2D eigenvalue weighted by molar-refractivity contribution is 1.03. The van der Waals surface area contributed by atoms with E-state index >= 15 is 0 Å². The standard InChI is InChI=1S/C5H5IN2O/c1-4-2-7-5(9)8(6)3-4/h2-3H,1H3. The van der Waals surface area contributed by atoms with Crippen molar-refractivity contribution in [3.63, 3.8) is 0 Å². The van der Waals surface area contributed by atoms with Gasteiger partial charge < -0.3 is 0 Å². The van der Waals surface area contributed by atoms with Crippen LogP contribution in [0.15, 0.2) is 17.2 Å². The molecule has 0 aromatic carbocycles. The van der Waals surface area contributed by atoms with Crippen molar-refractivity contribution in [2.24, 2.45) is 0 Å². The van der Waals surface area contributed by atoms with E-state index in [1.807, 2.05) is 29.8 Å². The number of aromatic nitrogens is 2. The van der Waals surface area contributed by atoms with Gasteiger partial charge in [-0.15, -0.1) is 0 Å². The van der Waals surface area contributed by atoms with Gasteiger partial charge in [0.1, 0.15) is 0 Å². The first kappa shape index (κ1) is 6.73. The molecular formula is C5H5IN2O. The third kappa shape index (κ3) is 1.51. The van der Waals surface area contributed by atoms with Crippen molar-refractivity contribution in [3.8, 4) is 0 Å². The van der Waals surface area contributed by atoms with Gasteiger partial charge in [-0.1, -0.05) is 0 Å². The number of hydrogen-bond acceptors (Lipinski definition) is 2. The van der Waals surface area contributed by atoms with Crippen LogP contribution in [0, 0.1) is 6.92 Å². The summed E-state index contributed by atoms with van der Waals surface area (Å²) in [5, 5.41) is 0. The van der Waals surface area contributed by atoms with Gasteiger partial charge in [-0.3, -0.25) is 0 Å². The molecule has 0 saturated heterocycles. The summed E-state index contributed by atoms with van der Waals surface area (Å²) < 4.78 is 1.42. The Morgan fingerprint density at radius 2 is 2.44 bits per heavy atom. The van der Waals surface area contributed by atoms with Crippen LogP contribution in [0.25, 0.3) is 0 Å². The second-order valence-corrected chi connectivity index (χ2v) is 2.76. The van der Waals surface area contributed by atoms with Gasteiger partial charge in [-0.2, -0.15) is 0 Å². The third-order valence-corrected chi connectivity index (χ3v) is 1.57. The Morgan fingerprint density at radius 1 is 1.78 bits per heavy atom. The van der Waals surface area contributed by atoms with E-state index in [1.54, 1.807) is 12.4 Å². The number of hydrogen-bond donors (Lipinski definition) is 0. The molecule has 1 rings (SSSR count). The van der Waals surface area contributed by atoms with Crippen LogP contribution in [0.2, 0.25) is 0 Å².